The lowest BCUT2D eigenvalue weighted by molar-refractivity contribution is -0.139. The van der Waals surface area contributed by atoms with Crippen molar-refractivity contribution >= 4 is 5.97 Å². The lowest BCUT2D eigenvalue weighted by Crippen LogP contribution is -2.14. The van der Waals surface area contributed by atoms with Crippen LogP contribution in [0.2, 0.25) is 0 Å². The van der Waals surface area contributed by atoms with Gasteiger partial charge in [-0.05, 0) is 6.92 Å². The van der Waals surface area contributed by atoms with Gasteiger partial charge in [0.25, 0.3) is 6.43 Å². The van der Waals surface area contributed by atoms with E-state index in [-0.39, 0.29) is 12.2 Å². The average molecular weight is 192 g/mol. The monoisotopic (exact) mass is 192 g/mol. The Labute approximate surface area is 74.3 Å². The maximum Gasteiger partial charge on any atom is 0.333 e. The molecular formula is C8H10F2O3. The third-order valence-electron chi connectivity index (χ3n) is 1.60. The quantitative estimate of drug-likeness (QED) is 0.381. The molecule has 2 atom stereocenters. The predicted molar refractivity (Wildman–Crippen MR) is 40.4 cm³/mol. The Hall–Kier alpha value is -0.970. The van der Waals surface area contributed by atoms with Crippen molar-refractivity contribution in [1.29, 1.82) is 0 Å². The number of ether oxygens (including phenoxy) is 2. The summed E-state index contributed by atoms with van der Waals surface area (Å²) >= 11 is 0. The molecule has 74 valence electrons. The summed E-state index contributed by atoms with van der Waals surface area (Å²) in [5.74, 6) is -0.580. The molecule has 0 spiro atoms. The molecule has 0 amide bonds. The molecule has 0 bridgehead atoms. The van der Waals surface area contributed by atoms with Crippen LogP contribution in [0.15, 0.2) is 12.2 Å². The highest BCUT2D eigenvalue weighted by atomic mass is 19.3. The van der Waals surface area contributed by atoms with Crippen LogP contribution >= 0.6 is 0 Å². The van der Waals surface area contributed by atoms with Crippen LogP contribution < -0.4 is 0 Å². The minimum atomic E-state index is -2.51. The van der Waals surface area contributed by atoms with Gasteiger partial charge in [-0.15, -0.1) is 0 Å². The molecule has 1 fully saturated rings. The number of esters is 1. The molecule has 0 aromatic carbocycles. The van der Waals surface area contributed by atoms with Gasteiger partial charge in [-0.3, -0.25) is 0 Å². The number of hydrogen-bond donors (Lipinski definition) is 0. The fourth-order valence-electron chi connectivity index (χ4n) is 0.793. The van der Waals surface area contributed by atoms with Crippen molar-refractivity contribution in [2.75, 3.05) is 6.61 Å². The highest BCUT2D eigenvalue weighted by molar-refractivity contribution is 5.86. The van der Waals surface area contributed by atoms with E-state index in [1.54, 1.807) is 0 Å². The van der Waals surface area contributed by atoms with Gasteiger partial charge in [0.15, 0.2) is 0 Å². The summed E-state index contributed by atoms with van der Waals surface area (Å²) < 4.78 is 32.9. The third kappa shape index (κ3) is 2.77. The molecule has 1 saturated heterocycles. The van der Waals surface area contributed by atoms with E-state index in [0.717, 1.165) is 0 Å². The fourth-order valence-corrected chi connectivity index (χ4v) is 0.793. The molecule has 1 rings (SSSR count). The van der Waals surface area contributed by atoms with Gasteiger partial charge in [-0.1, -0.05) is 6.58 Å². The maximum atomic E-state index is 11.9. The van der Waals surface area contributed by atoms with Crippen molar-refractivity contribution in [2.45, 2.75) is 25.6 Å². The Morgan fingerprint density at radius 3 is 2.69 bits per heavy atom. The van der Waals surface area contributed by atoms with Crippen LogP contribution in [0, 0.1) is 0 Å². The van der Waals surface area contributed by atoms with E-state index < -0.39 is 24.6 Å². The predicted octanol–water partition coefficient (Wildman–Crippen LogP) is 1.14. The van der Waals surface area contributed by atoms with Crippen molar-refractivity contribution in [3.8, 4) is 0 Å². The molecule has 1 heterocycles. The van der Waals surface area contributed by atoms with E-state index in [1.807, 2.05) is 0 Å². The normalized spacial score (nSPS) is 25.8. The Bertz CT molecular complexity index is 227. The molecule has 3 nitrogen and oxygen atoms in total. The van der Waals surface area contributed by atoms with Crippen molar-refractivity contribution in [1.82, 2.24) is 0 Å². The molecule has 0 aromatic heterocycles. The molecule has 0 radical (unpaired) electrons. The smallest absolute Gasteiger partial charge is 0.333 e. The molecular weight excluding hydrogens is 182 g/mol. The first-order chi connectivity index (χ1) is 6.02. The number of alkyl halides is 2. The number of carbonyl (C=O) groups excluding carboxylic acids is 1. The number of epoxide rings is 1. The lowest BCUT2D eigenvalue weighted by Gasteiger charge is -2.00. The van der Waals surface area contributed by atoms with Crippen molar-refractivity contribution in [3.05, 3.63) is 12.2 Å². The summed E-state index contributed by atoms with van der Waals surface area (Å²) in [6, 6.07) is 0. The van der Waals surface area contributed by atoms with E-state index in [2.05, 4.69) is 16.1 Å². The largest absolute Gasteiger partial charge is 0.459 e. The molecule has 1 aliphatic rings. The Morgan fingerprint density at radius 2 is 2.31 bits per heavy atom. The van der Waals surface area contributed by atoms with Crippen LogP contribution in [0.3, 0.4) is 0 Å². The summed E-state index contributed by atoms with van der Waals surface area (Å²) in [6.07, 6.45) is -4.23. The van der Waals surface area contributed by atoms with Gasteiger partial charge < -0.3 is 9.47 Å². The zero-order valence-electron chi connectivity index (χ0n) is 7.13. The van der Waals surface area contributed by atoms with Crippen LogP contribution in [0.1, 0.15) is 6.92 Å². The van der Waals surface area contributed by atoms with Gasteiger partial charge in [0.1, 0.15) is 18.8 Å². The van der Waals surface area contributed by atoms with Gasteiger partial charge in [-0.2, -0.15) is 0 Å². The molecule has 0 aliphatic carbocycles. The summed E-state index contributed by atoms with van der Waals surface area (Å²) in [5.41, 5.74) is 0.245. The standard InChI is InChI=1S/C8H10F2O3/c1-4(2)8(11)12-3-5-6(13-5)7(9)10/h5-7H,1,3H2,2H3. The average Bonchev–Trinajstić information content (AvgIpc) is 2.78. The first kappa shape index (κ1) is 10.1. The maximum absolute atomic E-state index is 11.9. The van der Waals surface area contributed by atoms with E-state index in [1.165, 1.54) is 6.92 Å². The fraction of sp³-hybridized carbons (Fsp3) is 0.625. The van der Waals surface area contributed by atoms with Crippen LogP contribution in [-0.4, -0.2) is 31.2 Å². The molecule has 1 aliphatic heterocycles. The number of halogens is 2. The zero-order chi connectivity index (χ0) is 10.0. The van der Waals surface area contributed by atoms with Crippen molar-refractivity contribution < 1.29 is 23.0 Å². The van der Waals surface area contributed by atoms with Gasteiger partial charge in [0.05, 0.1) is 0 Å². The summed E-state index contributed by atoms with van der Waals surface area (Å²) in [6.45, 7) is 4.71. The van der Waals surface area contributed by atoms with Gasteiger partial charge in [0.2, 0.25) is 0 Å². The molecule has 5 heteroatoms. The van der Waals surface area contributed by atoms with E-state index in [9.17, 15) is 13.6 Å². The summed E-state index contributed by atoms with van der Waals surface area (Å²) in [5, 5.41) is 0. The number of rotatable bonds is 4. The van der Waals surface area contributed by atoms with Gasteiger partial charge >= 0.3 is 5.97 Å². The zero-order valence-corrected chi connectivity index (χ0v) is 7.13. The first-order valence-electron chi connectivity index (χ1n) is 3.78. The number of hydrogen-bond acceptors (Lipinski definition) is 3. The summed E-state index contributed by atoms with van der Waals surface area (Å²) in [7, 11) is 0. The topological polar surface area (TPSA) is 38.8 Å². The third-order valence-corrected chi connectivity index (χ3v) is 1.60. The number of carbonyl (C=O) groups is 1. The van der Waals surface area contributed by atoms with E-state index in [0.29, 0.717) is 0 Å². The summed E-state index contributed by atoms with van der Waals surface area (Å²) in [4.78, 5) is 10.8. The van der Waals surface area contributed by atoms with Crippen LogP contribution in [0.5, 0.6) is 0 Å². The van der Waals surface area contributed by atoms with Gasteiger partial charge in [0, 0.05) is 5.57 Å². The molecule has 0 saturated carbocycles. The Balaban J connectivity index is 2.16. The second kappa shape index (κ2) is 3.83. The van der Waals surface area contributed by atoms with E-state index in [4.69, 9.17) is 0 Å². The minimum absolute atomic E-state index is 0.124. The van der Waals surface area contributed by atoms with Crippen molar-refractivity contribution in [2.24, 2.45) is 0 Å². The van der Waals surface area contributed by atoms with Crippen molar-refractivity contribution in [3.63, 3.8) is 0 Å². The van der Waals surface area contributed by atoms with Crippen LogP contribution in [0.4, 0.5) is 8.78 Å². The lowest BCUT2D eigenvalue weighted by atomic mass is 10.3. The molecule has 13 heavy (non-hydrogen) atoms. The second-order valence-corrected chi connectivity index (χ2v) is 2.85. The Kier molecular flexibility index (Phi) is 2.98. The van der Waals surface area contributed by atoms with Gasteiger partial charge in [-0.25, -0.2) is 13.6 Å². The second-order valence-electron chi connectivity index (χ2n) is 2.85. The molecule has 0 N–H and O–H groups in total. The minimum Gasteiger partial charge on any atom is -0.459 e. The highest BCUT2D eigenvalue weighted by Crippen LogP contribution is 2.28. The Morgan fingerprint density at radius 1 is 1.69 bits per heavy atom. The molecule has 0 aromatic rings. The first-order valence-corrected chi connectivity index (χ1v) is 3.78. The SMILES string of the molecule is C=C(C)C(=O)OCC1OC1C(F)F. The van der Waals surface area contributed by atoms with Crippen LogP contribution in [-0.2, 0) is 14.3 Å². The van der Waals surface area contributed by atoms with E-state index >= 15 is 0 Å². The molecule has 2 unspecified atom stereocenters. The highest BCUT2D eigenvalue weighted by Gasteiger charge is 2.46. The van der Waals surface area contributed by atoms with Crippen LogP contribution in [0.25, 0.3) is 0 Å².